The van der Waals surface area contributed by atoms with E-state index in [0.717, 1.165) is 0 Å². The van der Waals surface area contributed by atoms with Crippen LogP contribution in [-0.2, 0) is 4.57 Å². The summed E-state index contributed by atoms with van der Waals surface area (Å²) in [4.78, 5) is 0. The van der Waals surface area contributed by atoms with Crippen molar-refractivity contribution in [3.05, 3.63) is 0 Å². The van der Waals surface area contributed by atoms with Gasteiger partial charge in [-0.25, -0.2) is 0 Å². The van der Waals surface area contributed by atoms with Gasteiger partial charge in [-0.1, -0.05) is 13.8 Å². The second kappa shape index (κ2) is 5.96. The summed E-state index contributed by atoms with van der Waals surface area (Å²) in [6.45, 7) is 4.25. The van der Waals surface area contributed by atoms with Crippen LogP contribution < -0.4 is 0 Å². The van der Waals surface area contributed by atoms with E-state index in [1.807, 2.05) is 13.8 Å². The Kier molecular flexibility index (Phi) is 5.22. The maximum atomic E-state index is 8.14. The molecule has 3 heteroatoms. The van der Waals surface area contributed by atoms with Gasteiger partial charge in [0.1, 0.15) is 9.12 Å². The summed E-state index contributed by atoms with van der Waals surface area (Å²) in [6, 6.07) is 0. The number of fused-ring (bicyclic) bond motifs is 4. The van der Waals surface area contributed by atoms with E-state index in [1.54, 1.807) is 34.8 Å². The molecule has 0 aromatic carbocycles. The van der Waals surface area contributed by atoms with E-state index in [-0.39, 0.29) is 0 Å². The summed E-state index contributed by atoms with van der Waals surface area (Å²) in [7, 11) is 1.72. The molecule has 3 saturated carbocycles. The van der Waals surface area contributed by atoms with Crippen LogP contribution in [0.4, 0.5) is 0 Å². The smallest absolute Gasteiger partial charge is 0.138 e. The molecule has 0 saturated heterocycles. The minimum absolute atomic E-state index is 0.306. The molecule has 0 atom stereocenters. The van der Waals surface area contributed by atoms with E-state index in [4.69, 9.17) is 9.67 Å². The Bertz CT molecular complexity index is 156. The Morgan fingerprint density at radius 3 is 1.27 bits per heavy atom. The van der Waals surface area contributed by atoms with E-state index in [2.05, 4.69) is 0 Å². The summed E-state index contributed by atoms with van der Waals surface area (Å²) in [5.74, 6) is 5.42. The van der Waals surface area contributed by atoms with Crippen LogP contribution in [0, 0.1) is 29.6 Å². The standard InChI is InChI=1S/C8H12.C4H10O.HOP/c1-2-6-5(1)7-3-4-8(6)7;1-4(2)3-5;1-2/h5-8H,1-4H2;4-5H,3H2,1-2H3;2H. The van der Waals surface area contributed by atoms with Gasteiger partial charge < -0.3 is 5.11 Å². The molecule has 1 N–H and O–H groups in total. The van der Waals surface area contributed by atoms with Gasteiger partial charge in [0.05, 0.1) is 0 Å². The zero-order valence-corrected chi connectivity index (χ0v) is 10.8. The number of hydrogen-bond donors (Lipinski definition) is 1. The zero-order valence-electron chi connectivity index (χ0n) is 9.78. The highest BCUT2D eigenvalue weighted by atomic mass is 31.0. The van der Waals surface area contributed by atoms with E-state index in [9.17, 15) is 0 Å². The van der Waals surface area contributed by atoms with Crippen molar-refractivity contribution in [3.8, 4) is 0 Å². The molecule has 0 unspecified atom stereocenters. The van der Waals surface area contributed by atoms with Crippen LogP contribution >= 0.6 is 9.12 Å². The highest BCUT2D eigenvalue weighted by Gasteiger charge is 2.58. The van der Waals surface area contributed by atoms with E-state index >= 15 is 0 Å². The summed E-state index contributed by atoms with van der Waals surface area (Å²) >= 11 is 0. The Labute approximate surface area is 95.1 Å². The zero-order chi connectivity index (χ0) is 11.4. The fourth-order valence-corrected chi connectivity index (χ4v) is 3.08. The third kappa shape index (κ3) is 2.60. The first-order valence-electron chi connectivity index (χ1n) is 6.05. The molecule has 3 aliphatic carbocycles. The molecule has 3 fully saturated rings. The topological polar surface area (TPSA) is 37.3 Å². The van der Waals surface area contributed by atoms with Crippen LogP contribution in [0.15, 0.2) is 0 Å². The predicted molar refractivity (Wildman–Crippen MR) is 63.4 cm³/mol. The minimum Gasteiger partial charge on any atom is -0.396 e. The summed E-state index contributed by atoms with van der Waals surface area (Å²) in [5.41, 5.74) is 0. The molecular weight excluding hydrogens is 207 g/mol. The predicted octanol–water partition coefficient (Wildman–Crippen LogP) is 3.16. The highest BCUT2D eigenvalue weighted by molar-refractivity contribution is 7.00. The molecule has 0 spiro atoms. The van der Waals surface area contributed by atoms with Crippen molar-refractivity contribution in [1.82, 2.24) is 0 Å². The lowest BCUT2D eigenvalue weighted by Gasteiger charge is -2.66. The molecule has 0 heterocycles. The molecule has 0 amide bonds. The maximum absolute atomic E-state index is 8.14. The maximum Gasteiger partial charge on any atom is 0.138 e. The summed E-state index contributed by atoms with van der Waals surface area (Å²) in [5, 5.41) is 8.14. The summed E-state index contributed by atoms with van der Waals surface area (Å²) in [6.07, 6.45) is 6.36. The number of hydrogen-bond acceptors (Lipinski definition) is 2. The van der Waals surface area contributed by atoms with E-state index < -0.39 is 0 Å². The second-order valence-corrected chi connectivity index (χ2v) is 5.39. The van der Waals surface area contributed by atoms with Crippen molar-refractivity contribution in [2.24, 2.45) is 29.6 Å². The Balaban J connectivity index is 0.000000143. The van der Waals surface area contributed by atoms with Crippen molar-refractivity contribution in [3.63, 3.8) is 0 Å². The van der Waals surface area contributed by atoms with Crippen molar-refractivity contribution >= 4 is 9.12 Å². The SMILES string of the molecule is C1CC2C1C1CCC21.CC(C)CO.O=P. The van der Waals surface area contributed by atoms with Crippen molar-refractivity contribution in [2.45, 2.75) is 39.5 Å². The van der Waals surface area contributed by atoms with Crippen LogP contribution in [0.3, 0.4) is 0 Å². The molecule has 0 aromatic heterocycles. The molecule has 15 heavy (non-hydrogen) atoms. The third-order valence-electron chi connectivity index (χ3n) is 4.23. The van der Waals surface area contributed by atoms with E-state index in [1.165, 1.54) is 23.7 Å². The normalized spacial score (nSPS) is 38.7. The van der Waals surface area contributed by atoms with Crippen LogP contribution in [0.25, 0.3) is 0 Å². The molecule has 0 aliphatic heterocycles. The largest absolute Gasteiger partial charge is 0.396 e. The van der Waals surface area contributed by atoms with Crippen molar-refractivity contribution < 1.29 is 9.67 Å². The number of aliphatic hydroxyl groups excluding tert-OH is 1. The van der Waals surface area contributed by atoms with Gasteiger partial charge >= 0.3 is 0 Å². The van der Waals surface area contributed by atoms with Crippen LogP contribution in [-0.4, -0.2) is 11.7 Å². The van der Waals surface area contributed by atoms with Gasteiger partial charge in [-0.05, 0) is 55.3 Å². The Morgan fingerprint density at radius 2 is 1.20 bits per heavy atom. The fourth-order valence-electron chi connectivity index (χ4n) is 3.08. The van der Waals surface area contributed by atoms with Gasteiger partial charge in [0.2, 0.25) is 0 Å². The van der Waals surface area contributed by atoms with Gasteiger partial charge in [0, 0.05) is 6.61 Å². The number of aliphatic hydroxyl groups is 1. The average molecular weight is 230 g/mol. The van der Waals surface area contributed by atoms with Gasteiger partial charge in [0.15, 0.2) is 0 Å². The second-order valence-electron chi connectivity index (χ2n) is 5.39. The molecule has 3 rings (SSSR count). The van der Waals surface area contributed by atoms with Gasteiger partial charge in [-0.3, -0.25) is 4.57 Å². The van der Waals surface area contributed by atoms with Crippen LogP contribution in [0.2, 0.25) is 0 Å². The molecule has 0 aromatic rings. The lowest BCUT2D eigenvalue weighted by atomic mass is 9.39. The van der Waals surface area contributed by atoms with Crippen molar-refractivity contribution in [1.29, 1.82) is 0 Å². The Hall–Kier alpha value is 0.0600. The number of rotatable bonds is 1. The quantitative estimate of drug-likeness (QED) is 0.702. The molecule has 88 valence electrons. The molecule has 0 bridgehead atoms. The van der Waals surface area contributed by atoms with Crippen LogP contribution in [0.1, 0.15) is 39.5 Å². The Morgan fingerprint density at radius 1 is 1.00 bits per heavy atom. The minimum atomic E-state index is 0.306. The summed E-state index contributed by atoms with van der Waals surface area (Å²) < 4.78 is 8.06. The average Bonchev–Trinajstić information content (AvgIpc) is 2.22. The van der Waals surface area contributed by atoms with Gasteiger partial charge in [-0.2, -0.15) is 0 Å². The van der Waals surface area contributed by atoms with Crippen LogP contribution in [0.5, 0.6) is 0 Å². The van der Waals surface area contributed by atoms with Gasteiger partial charge in [0.25, 0.3) is 0 Å². The molecular formula is C12H23O2P. The molecule has 0 radical (unpaired) electrons. The van der Waals surface area contributed by atoms with E-state index in [0.29, 0.717) is 12.5 Å². The van der Waals surface area contributed by atoms with Gasteiger partial charge in [-0.15, -0.1) is 0 Å². The first-order chi connectivity index (χ1) is 7.24. The third-order valence-corrected chi connectivity index (χ3v) is 4.23. The molecule has 2 nitrogen and oxygen atoms in total. The highest BCUT2D eigenvalue weighted by Crippen LogP contribution is 2.66. The first-order valence-corrected chi connectivity index (χ1v) is 6.46. The monoisotopic (exact) mass is 230 g/mol. The lowest BCUT2D eigenvalue weighted by Crippen LogP contribution is -2.58. The van der Waals surface area contributed by atoms with Crippen molar-refractivity contribution in [2.75, 3.05) is 6.61 Å². The first kappa shape index (κ1) is 13.1. The molecule has 3 aliphatic rings. The lowest BCUT2D eigenvalue weighted by molar-refractivity contribution is -0.165. The fraction of sp³-hybridized carbons (Fsp3) is 1.00.